The van der Waals surface area contributed by atoms with Crippen LogP contribution in [0.2, 0.25) is 0 Å². The van der Waals surface area contributed by atoms with Crippen LogP contribution in [-0.2, 0) is 5.66 Å². The first kappa shape index (κ1) is 14.1. The maximum absolute atomic E-state index is 11.2. The molecule has 3 N–H and O–H groups in total. The van der Waals surface area contributed by atoms with Gasteiger partial charge in [-0.1, -0.05) is 30.3 Å². The van der Waals surface area contributed by atoms with Gasteiger partial charge in [0, 0.05) is 0 Å². The lowest BCUT2D eigenvalue weighted by atomic mass is 9.82. The first-order valence-electron chi connectivity index (χ1n) is 7.86. The molecule has 4 rings (SSSR count). The van der Waals surface area contributed by atoms with Gasteiger partial charge < -0.3 is 10.4 Å². The second-order valence-electron chi connectivity index (χ2n) is 6.95. The van der Waals surface area contributed by atoms with Crippen molar-refractivity contribution in [1.82, 2.24) is 15.6 Å². The molecule has 1 aromatic carbocycles. The van der Waals surface area contributed by atoms with E-state index in [2.05, 4.69) is 10.5 Å². The van der Waals surface area contributed by atoms with E-state index >= 15 is 0 Å². The van der Waals surface area contributed by atoms with Gasteiger partial charge in [-0.2, -0.15) is 10.2 Å². The van der Waals surface area contributed by atoms with E-state index < -0.39 is 16.9 Å². The van der Waals surface area contributed by atoms with E-state index in [1.54, 1.807) is 0 Å². The van der Waals surface area contributed by atoms with Crippen LogP contribution in [0.4, 0.5) is 0 Å². The van der Waals surface area contributed by atoms with Gasteiger partial charge in [0.05, 0.1) is 11.3 Å². The molecule has 2 heterocycles. The molecule has 2 bridgehead atoms. The van der Waals surface area contributed by atoms with Crippen LogP contribution in [0.15, 0.2) is 35.4 Å². The number of hydrogen-bond donors (Lipinski definition) is 3. The molecule has 2 aliphatic heterocycles. The van der Waals surface area contributed by atoms with Crippen molar-refractivity contribution in [2.75, 3.05) is 0 Å². The summed E-state index contributed by atoms with van der Waals surface area (Å²) in [4.78, 5) is 0. The number of hydrogen-bond acceptors (Lipinski definition) is 6. The molecule has 1 spiro atoms. The molecule has 0 radical (unpaired) electrons. The number of hydrazone groups is 1. The van der Waals surface area contributed by atoms with Crippen molar-refractivity contribution in [3.8, 4) is 0 Å². The lowest BCUT2D eigenvalue weighted by Gasteiger charge is -2.48. The SMILES string of the molecule is CC1(C)N(O)C23CCCCC2=NNC1(c1ccccc1)N3O. The predicted molar refractivity (Wildman–Crippen MR) is 81.2 cm³/mol. The molecule has 6 nitrogen and oxygen atoms in total. The van der Waals surface area contributed by atoms with Gasteiger partial charge in [0.2, 0.25) is 0 Å². The van der Waals surface area contributed by atoms with Gasteiger partial charge >= 0.3 is 0 Å². The number of rotatable bonds is 1. The Balaban J connectivity index is 1.98. The molecule has 1 saturated carbocycles. The maximum Gasteiger partial charge on any atom is 0.177 e. The third-order valence-electron chi connectivity index (χ3n) is 5.63. The van der Waals surface area contributed by atoms with Crippen LogP contribution >= 0.6 is 0 Å². The van der Waals surface area contributed by atoms with Crippen LogP contribution in [0.25, 0.3) is 0 Å². The summed E-state index contributed by atoms with van der Waals surface area (Å²) < 4.78 is 0. The molecule has 3 aliphatic rings. The highest BCUT2D eigenvalue weighted by molar-refractivity contribution is 5.95. The minimum atomic E-state index is -0.982. The van der Waals surface area contributed by atoms with Crippen molar-refractivity contribution in [1.29, 1.82) is 0 Å². The van der Waals surface area contributed by atoms with E-state index in [0.717, 1.165) is 30.5 Å². The van der Waals surface area contributed by atoms with Gasteiger partial charge in [0.25, 0.3) is 0 Å². The predicted octanol–water partition coefficient (Wildman–Crippen LogP) is 2.24. The molecule has 118 valence electrons. The molecule has 22 heavy (non-hydrogen) atoms. The lowest BCUT2D eigenvalue weighted by Crippen LogP contribution is -2.67. The minimum Gasteiger partial charge on any atom is -0.311 e. The van der Waals surface area contributed by atoms with Crippen LogP contribution in [0.3, 0.4) is 0 Å². The maximum atomic E-state index is 11.2. The average Bonchev–Trinajstić information content (AvgIpc) is 2.62. The third kappa shape index (κ3) is 1.33. The Morgan fingerprint density at radius 2 is 1.82 bits per heavy atom. The average molecular weight is 302 g/mol. The van der Waals surface area contributed by atoms with Gasteiger partial charge in [-0.3, -0.25) is 5.43 Å². The summed E-state index contributed by atoms with van der Waals surface area (Å²) in [6.07, 6.45) is 3.43. The van der Waals surface area contributed by atoms with E-state index in [-0.39, 0.29) is 0 Å². The zero-order valence-corrected chi connectivity index (χ0v) is 13.0. The normalized spacial score (nSPS) is 37.4. The number of nitrogens with zero attached hydrogens (tertiary/aromatic N) is 3. The lowest BCUT2D eigenvalue weighted by molar-refractivity contribution is -0.264. The number of benzene rings is 1. The molecule has 1 aromatic rings. The van der Waals surface area contributed by atoms with Crippen molar-refractivity contribution in [3.63, 3.8) is 0 Å². The monoisotopic (exact) mass is 302 g/mol. The van der Waals surface area contributed by atoms with E-state index in [9.17, 15) is 10.4 Å². The summed E-state index contributed by atoms with van der Waals surface area (Å²) in [5.41, 5.74) is 2.19. The van der Waals surface area contributed by atoms with Crippen molar-refractivity contribution >= 4 is 5.71 Å². The fourth-order valence-electron chi connectivity index (χ4n) is 4.40. The molecule has 1 saturated heterocycles. The summed E-state index contributed by atoms with van der Waals surface area (Å²) in [5, 5.41) is 29.4. The molecule has 0 aromatic heterocycles. The fraction of sp³-hybridized carbons (Fsp3) is 0.562. The third-order valence-corrected chi connectivity index (χ3v) is 5.63. The second-order valence-corrected chi connectivity index (χ2v) is 6.95. The Morgan fingerprint density at radius 1 is 1.09 bits per heavy atom. The summed E-state index contributed by atoms with van der Waals surface area (Å²) in [7, 11) is 0. The Bertz CT molecular complexity index is 632. The molecular formula is C16H22N4O2. The van der Waals surface area contributed by atoms with Gasteiger partial charge in [0.15, 0.2) is 11.3 Å². The Kier molecular flexibility index (Phi) is 2.76. The van der Waals surface area contributed by atoms with E-state index in [4.69, 9.17) is 0 Å². The highest BCUT2D eigenvalue weighted by Crippen LogP contribution is 2.56. The summed E-state index contributed by atoms with van der Waals surface area (Å²) in [6, 6.07) is 9.71. The zero-order valence-electron chi connectivity index (χ0n) is 13.0. The molecule has 0 amide bonds. The van der Waals surface area contributed by atoms with Crippen LogP contribution in [-0.4, -0.2) is 37.5 Å². The highest BCUT2D eigenvalue weighted by Gasteiger charge is 2.74. The summed E-state index contributed by atoms with van der Waals surface area (Å²) >= 11 is 0. The van der Waals surface area contributed by atoms with Crippen molar-refractivity contribution < 1.29 is 10.4 Å². The van der Waals surface area contributed by atoms with E-state index in [0.29, 0.717) is 6.42 Å². The number of fused-ring (bicyclic) bond motifs is 1. The van der Waals surface area contributed by atoms with Crippen LogP contribution < -0.4 is 5.43 Å². The summed E-state index contributed by atoms with van der Waals surface area (Å²) in [6.45, 7) is 3.86. The molecule has 6 heteroatoms. The first-order chi connectivity index (χ1) is 10.5. The van der Waals surface area contributed by atoms with Gasteiger partial charge in [-0.25, -0.2) is 0 Å². The van der Waals surface area contributed by atoms with Crippen molar-refractivity contribution in [2.24, 2.45) is 5.10 Å². The second kappa shape index (κ2) is 4.29. The van der Waals surface area contributed by atoms with Crippen LogP contribution in [0.5, 0.6) is 0 Å². The largest absolute Gasteiger partial charge is 0.311 e. The fourth-order valence-corrected chi connectivity index (χ4v) is 4.40. The topological polar surface area (TPSA) is 71.3 Å². The summed E-state index contributed by atoms with van der Waals surface area (Å²) in [5.74, 6) is 0. The van der Waals surface area contributed by atoms with Crippen LogP contribution in [0, 0.1) is 0 Å². The van der Waals surface area contributed by atoms with Crippen molar-refractivity contribution in [3.05, 3.63) is 35.9 Å². The highest BCUT2D eigenvalue weighted by atomic mass is 16.6. The minimum absolute atomic E-state index is 0.665. The molecule has 2 unspecified atom stereocenters. The molecule has 2 atom stereocenters. The van der Waals surface area contributed by atoms with Gasteiger partial charge in [0.1, 0.15) is 0 Å². The quantitative estimate of drug-likeness (QED) is 0.742. The first-order valence-corrected chi connectivity index (χ1v) is 7.86. The van der Waals surface area contributed by atoms with E-state index in [1.807, 2.05) is 44.2 Å². The smallest absolute Gasteiger partial charge is 0.177 e. The zero-order chi connectivity index (χ0) is 15.6. The Labute approximate surface area is 129 Å². The number of hydroxylamine groups is 4. The van der Waals surface area contributed by atoms with Gasteiger partial charge in [-0.05, 0) is 45.1 Å². The van der Waals surface area contributed by atoms with E-state index in [1.165, 1.54) is 10.1 Å². The van der Waals surface area contributed by atoms with Crippen molar-refractivity contribution in [2.45, 2.75) is 56.4 Å². The Morgan fingerprint density at radius 3 is 2.55 bits per heavy atom. The Hall–Kier alpha value is -1.47. The number of nitrogens with one attached hydrogen (secondary N) is 1. The molecule has 1 aliphatic carbocycles. The molecule has 2 fully saturated rings. The van der Waals surface area contributed by atoms with Crippen LogP contribution in [0.1, 0.15) is 45.1 Å². The molecular weight excluding hydrogens is 280 g/mol. The standard InChI is InChI=1S/C16H22N4O2/c1-14(2)16(12-8-4-3-5-9-12)18-17-13-10-6-7-11-15(13,19(14)21)20(16)22/h3-5,8-9,18,21-22H,6-7,10-11H2,1-2H3. The van der Waals surface area contributed by atoms with Gasteiger partial charge in [-0.15, -0.1) is 5.06 Å².